The van der Waals surface area contributed by atoms with Gasteiger partial charge in [-0.3, -0.25) is 4.79 Å². The van der Waals surface area contributed by atoms with Crippen molar-refractivity contribution in [3.63, 3.8) is 0 Å². The Balaban J connectivity index is 1.33. The van der Waals surface area contributed by atoms with Gasteiger partial charge >= 0.3 is 5.97 Å². The first-order valence-electron chi connectivity index (χ1n) is 9.78. The number of hydrogen-bond donors (Lipinski definition) is 0. The highest BCUT2D eigenvalue weighted by Crippen LogP contribution is 2.28. The molecule has 0 aliphatic carbocycles. The van der Waals surface area contributed by atoms with Gasteiger partial charge in [-0.05, 0) is 43.3 Å². The lowest BCUT2D eigenvalue weighted by Crippen LogP contribution is -2.40. The monoisotopic (exact) mass is 464 g/mol. The van der Waals surface area contributed by atoms with Crippen LogP contribution < -0.4 is 0 Å². The molecule has 0 N–H and O–H groups in total. The SMILES string of the molecule is Cc1oc(-c2cccs2)nc1COC(=O)C1CCN(S(=O)(=O)c2ccccc2F)CC1. The Morgan fingerprint density at radius 2 is 2.00 bits per heavy atom. The van der Waals surface area contributed by atoms with Gasteiger partial charge in [0.2, 0.25) is 15.9 Å². The fourth-order valence-corrected chi connectivity index (χ4v) is 5.63. The molecule has 0 radical (unpaired) electrons. The zero-order valence-electron chi connectivity index (χ0n) is 16.8. The van der Waals surface area contributed by atoms with Gasteiger partial charge in [-0.15, -0.1) is 11.3 Å². The van der Waals surface area contributed by atoms with E-state index in [-0.39, 0.29) is 24.6 Å². The third kappa shape index (κ3) is 4.56. The minimum Gasteiger partial charge on any atom is -0.459 e. The molecule has 7 nitrogen and oxygen atoms in total. The van der Waals surface area contributed by atoms with Crippen LogP contribution in [0, 0.1) is 18.7 Å². The highest BCUT2D eigenvalue weighted by atomic mass is 32.2. The van der Waals surface area contributed by atoms with E-state index >= 15 is 0 Å². The zero-order chi connectivity index (χ0) is 22.0. The number of halogens is 1. The van der Waals surface area contributed by atoms with E-state index in [1.807, 2.05) is 17.5 Å². The van der Waals surface area contributed by atoms with Crippen LogP contribution in [0.2, 0.25) is 0 Å². The topological polar surface area (TPSA) is 89.7 Å². The van der Waals surface area contributed by atoms with E-state index in [0.717, 1.165) is 10.9 Å². The normalized spacial score (nSPS) is 15.8. The summed E-state index contributed by atoms with van der Waals surface area (Å²) in [6, 6.07) is 9.09. The van der Waals surface area contributed by atoms with Gasteiger partial charge < -0.3 is 9.15 Å². The molecule has 164 valence electrons. The number of thiophene rings is 1. The quantitative estimate of drug-likeness (QED) is 0.513. The Kier molecular flexibility index (Phi) is 6.22. The summed E-state index contributed by atoms with van der Waals surface area (Å²) in [6.45, 7) is 2.01. The molecule has 1 aliphatic heterocycles. The molecule has 31 heavy (non-hydrogen) atoms. The molecule has 3 aromatic rings. The summed E-state index contributed by atoms with van der Waals surface area (Å²) >= 11 is 1.51. The molecule has 0 unspecified atom stereocenters. The predicted octanol–water partition coefficient (Wildman–Crippen LogP) is 3.99. The van der Waals surface area contributed by atoms with E-state index in [2.05, 4.69) is 4.98 Å². The Hall–Kier alpha value is -2.56. The first-order chi connectivity index (χ1) is 14.9. The Morgan fingerprint density at radius 3 is 2.68 bits per heavy atom. The Morgan fingerprint density at radius 1 is 1.26 bits per heavy atom. The van der Waals surface area contributed by atoms with Crippen LogP contribution >= 0.6 is 11.3 Å². The van der Waals surface area contributed by atoms with Crippen molar-refractivity contribution in [3.05, 3.63) is 59.0 Å². The Bertz CT molecular complexity index is 1170. The van der Waals surface area contributed by atoms with Crippen LogP contribution in [0.15, 0.2) is 51.1 Å². The van der Waals surface area contributed by atoms with E-state index in [1.165, 1.54) is 33.8 Å². The van der Waals surface area contributed by atoms with Crippen molar-refractivity contribution < 1.29 is 26.8 Å². The number of oxazole rings is 1. The van der Waals surface area contributed by atoms with Crippen LogP contribution in [0.3, 0.4) is 0 Å². The second-order valence-corrected chi connectivity index (χ2v) is 10.1. The number of ether oxygens (including phenoxy) is 1. The van der Waals surface area contributed by atoms with Crippen molar-refractivity contribution in [1.29, 1.82) is 0 Å². The average molecular weight is 465 g/mol. The van der Waals surface area contributed by atoms with E-state index in [0.29, 0.717) is 30.2 Å². The average Bonchev–Trinajstić information content (AvgIpc) is 3.42. The summed E-state index contributed by atoms with van der Waals surface area (Å²) in [7, 11) is -3.94. The van der Waals surface area contributed by atoms with Gasteiger partial charge in [-0.2, -0.15) is 4.31 Å². The number of sulfonamides is 1. The third-order valence-electron chi connectivity index (χ3n) is 5.22. The number of rotatable bonds is 6. The lowest BCUT2D eigenvalue weighted by atomic mass is 9.98. The van der Waals surface area contributed by atoms with Crippen molar-refractivity contribution >= 4 is 27.3 Å². The molecule has 0 bridgehead atoms. The van der Waals surface area contributed by atoms with Crippen LogP contribution in [0.5, 0.6) is 0 Å². The molecule has 2 aromatic heterocycles. The lowest BCUT2D eigenvalue weighted by molar-refractivity contribution is -0.151. The molecule has 0 atom stereocenters. The molecule has 3 heterocycles. The van der Waals surface area contributed by atoms with Crippen LogP contribution in [-0.4, -0.2) is 36.8 Å². The van der Waals surface area contributed by atoms with Crippen LogP contribution in [0.1, 0.15) is 24.3 Å². The van der Waals surface area contributed by atoms with Crippen LogP contribution in [-0.2, 0) is 26.2 Å². The largest absolute Gasteiger partial charge is 0.459 e. The van der Waals surface area contributed by atoms with Crippen LogP contribution in [0.25, 0.3) is 10.8 Å². The predicted molar refractivity (Wildman–Crippen MR) is 112 cm³/mol. The molecule has 10 heteroatoms. The lowest BCUT2D eigenvalue weighted by Gasteiger charge is -2.30. The van der Waals surface area contributed by atoms with Crippen molar-refractivity contribution in [2.75, 3.05) is 13.1 Å². The van der Waals surface area contributed by atoms with Crippen molar-refractivity contribution in [2.24, 2.45) is 5.92 Å². The van der Waals surface area contributed by atoms with Gasteiger partial charge in [-0.25, -0.2) is 17.8 Å². The van der Waals surface area contributed by atoms with Gasteiger partial charge in [0.1, 0.15) is 28.8 Å². The van der Waals surface area contributed by atoms with Gasteiger partial charge in [0.05, 0.1) is 10.8 Å². The zero-order valence-corrected chi connectivity index (χ0v) is 18.4. The number of aryl methyl sites for hydroxylation is 1. The molecular formula is C21H21FN2O5S2. The van der Waals surface area contributed by atoms with Crippen molar-refractivity contribution in [3.8, 4) is 10.8 Å². The maximum absolute atomic E-state index is 13.9. The summed E-state index contributed by atoms with van der Waals surface area (Å²) in [5.41, 5.74) is 0.552. The molecule has 1 aliphatic rings. The summed E-state index contributed by atoms with van der Waals surface area (Å²) < 4.78 is 51.6. The van der Waals surface area contributed by atoms with E-state index in [9.17, 15) is 17.6 Å². The number of carbonyl (C=O) groups is 1. The maximum atomic E-state index is 13.9. The van der Waals surface area contributed by atoms with Gasteiger partial charge in [0, 0.05) is 13.1 Å². The van der Waals surface area contributed by atoms with E-state index in [1.54, 1.807) is 6.92 Å². The molecule has 0 saturated carbocycles. The number of nitrogens with zero attached hydrogens (tertiary/aromatic N) is 2. The molecule has 0 amide bonds. The smallest absolute Gasteiger partial charge is 0.309 e. The Labute approximate surface area is 183 Å². The number of piperidine rings is 1. The second kappa shape index (κ2) is 8.89. The first-order valence-corrected chi connectivity index (χ1v) is 12.1. The number of hydrogen-bond acceptors (Lipinski definition) is 7. The number of esters is 1. The molecule has 0 spiro atoms. The number of carbonyl (C=O) groups excluding carboxylic acids is 1. The molecule has 1 saturated heterocycles. The minimum atomic E-state index is -3.94. The van der Waals surface area contributed by atoms with E-state index in [4.69, 9.17) is 9.15 Å². The summed E-state index contributed by atoms with van der Waals surface area (Å²) in [5.74, 6) is -0.528. The number of aromatic nitrogens is 1. The van der Waals surface area contributed by atoms with Crippen molar-refractivity contribution in [2.45, 2.75) is 31.3 Å². The van der Waals surface area contributed by atoms with Crippen molar-refractivity contribution in [1.82, 2.24) is 9.29 Å². The fraction of sp³-hybridized carbons (Fsp3) is 0.333. The highest BCUT2D eigenvalue weighted by molar-refractivity contribution is 7.89. The maximum Gasteiger partial charge on any atom is 0.309 e. The van der Waals surface area contributed by atoms with Gasteiger partial charge in [0.25, 0.3) is 0 Å². The summed E-state index contributed by atoms with van der Waals surface area (Å²) in [4.78, 5) is 17.4. The molecule has 1 fully saturated rings. The highest BCUT2D eigenvalue weighted by Gasteiger charge is 2.34. The van der Waals surface area contributed by atoms with E-state index < -0.39 is 27.7 Å². The first kappa shape index (κ1) is 21.7. The molecule has 4 rings (SSSR count). The number of benzene rings is 1. The summed E-state index contributed by atoms with van der Waals surface area (Å²) in [5, 5.41) is 1.92. The fourth-order valence-electron chi connectivity index (χ4n) is 3.45. The summed E-state index contributed by atoms with van der Waals surface area (Å²) in [6.07, 6.45) is 0.621. The van der Waals surface area contributed by atoms with Gasteiger partial charge in [-0.1, -0.05) is 18.2 Å². The minimum absolute atomic E-state index is 0.00667. The second-order valence-electron chi connectivity index (χ2n) is 7.22. The molecular weight excluding hydrogens is 443 g/mol. The molecule has 1 aromatic carbocycles. The van der Waals surface area contributed by atoms with Gasteiger partial charge in [0.15, 0.2) is 0 Å². The van der Waals surface area contributed by atoms with Crippen LogP contribution in [0.4, 0.5) is 4.39 Å². The third-order valence-corrected chi connectivity index (χ3v) is 8.01. The standard InChI is InChI=1S/C21H21FN2O5S2/c1-14-17(23-20(29-14)18-6-4-12-30-18)13-28-21(25)15-8-10-24(11-9-15)31(26,27)19-7-3-2-5-16(19)22/h2-7,12,15H,8-11,13H2,1H3.